The Hall–Kier alpha value is -1.85. The fourth-order valence-electron chi connectivity index (χ4n) is 1.46. The molecule has 1 rings (SSSR count). The summed E-state index contributed by atoms with van der Waals surface area (Å²) in [5.41, 5.74) is 0.206. The molecule has 0 radical (unpaired) electrons. The number of nitrogens with one attached hydrogen (secondary N) is 1. The lowest BCUT2D eigenvalue weighted by molar-refractivity contribution is -0.135. The zero-order valence-corrected chi connectivity index (χ0v) is 10.3. The average Bonchev–Trinajstić information content (AvgIpc) is 2.59. The smallest absolute Gasteiger partial charge is 0.332 e. The van der Waals surface area contributed by atoms with Crippen LogP contribution < -0.4 is 5.32 Å². The highest BCUT2D eigenvalue weighted by molar-refractivity contribution is 6.15. The van der Waals surface area contributed by atoms with Crippen LogP contribution >= 0.6 is 0 Å². The van der Waals surface area contributed by atoms with Crippen molar-refractivity contribution < 1.29 is 14.3 Å². The van der Waals surface area contributed by atoms with Crippen molar-refractivity contribution in [2.24, 2.45) is 4.99 Å². The number of carbonyl (C=O) groups excluding carboxylic acids is 2. The maximum Gasteiger partial charge on any atom is 0.332 e. The molecule has 0 spiro atoms. The van der Waals surface area contributed by atoms with Gasteiger partial charge in [-0.15, -0.1) is 0 Å². The van der Waals surface area contributed by atoms with E-state index in [4.69, 9.17) is 0 Å². The van der Waals surface area contributed by atoms with Gasteiger partial charge in [-0.1, -0.05) is 6.92 Å². The van der Waals surface area contributed by atoms with Crippen molar-refractivity contribution in [2.75, 3.05) is 20.2 Å². The molecular formula is C11H17N3O3. The second-order valence-electron chi connectivity index (χ2n) is 3.46. The zero-order valence-electron chi connectivity index (χ0n) is 10.3. The maximum atomic E-state index is 11.9. The molecular weight excluding hydrogens is 222 g/mol. The lowest BCUT2D eigenvalue weighted by Crippen LogP contribution is -2.33. The summed E-state index contributed by atoms with van der Waals surface area (Å²) in [4.78, 5) is 28.7. The highest BCUT2D eigenvalue weighted by Crippen LogP contribution is 2.10. The first kappa shape index (κ1) is 13.2. The first-order valence-corrected chi connectivity index (χ1v) is 5.57. The van der Waals surface area contributed by atoms with E-state index >= 15 is 0 Å². The predicted octanol–water partition coefficient (Wildman–Crippen LogP) is 0.261. The SMILES string of the molecule is CCCN1C(=O)/C(=C/C(=O)OC)NC1=NCC. The first-order valence-electron chi connectivity index (χ1n) is 5.57. The Morgan fingerprint density at radius 1 is 1.53 bits per heavy atom. The van der Waals surface area contributed by atoms with Crippen LogP contribution in [0.1, 0.15) is 20.3 Å². The van der Waals surface area contributed by atoms with E-state index in [1.54, 1.807) is 0 Å². The van der Waals surface area contributed by atoms with Gasteiger partial charge in [0, 0.05) is 13.1 Å². The third-order valence-corrected chi connectivity index (χ3v) is 2.20. The Labute approximate surface area is 100 Å². The molecule has 0 bridgehead atoms. The van der Waals surface area contributed by atoms with Gasteiger partial charge in [-0.3, -0.25) is 14.7 Å². The number of rotatable bonds is 4. The molecule has 6 heteroatoms. The summed E-state index contributed by atoms with van der Waals surface area (Å²) in [6.07, 6.45) is 1.96. The number of hydrogen-bond donors (Lipinski definition) is 1. The number of methoxy groups -OCH3 is 1. The average molecular weight is 239 g/mol. The van der Waals surface area contributed by atoms with E-state index in [0.717, 1.165) is 12.5 Å². The van der Waals surface area contributed by atoms with Crippen molar-refractivity contribution in [1.82, 2.24) is 10.2 Å². The van der Waals surface area contributed by atoms with Crippen molar-refractivity contribution in [3.63, 3.8) is 0 Å². The van der Waals surface area contributed by atoms with Crippen LogP contribution in [-0.4, -0.2) is 42.9 Å². The molecule has 0 aromatic carbocycles. The number of guanidine groups is 1. The minimum absolute atomic E-state index is 0.206. The molecule has 1 N–H and O–H groups in total. The van der Waals surface area contributed by atoms with Gasteiger partial charge >= 0.3 is 5.97 Å². The Balaban J connectivity index is 2.94. The lowest BCUT2D eigenvalue weighted by atomic mass is 10.3. The molecule has 0 aromatic rings. The van der Waals surface area contributed by atoms with Crippen LogP contribution in [0.15, 0.2) is 16.8 Å². The number of carbonyl (C=O) groups is 2. The number of nitrogens with zero attached hydrogens (tertiary/aromatic N) is 2. The van der Waals surface area contributed by atoms with Crippen molar-refractivity contribution in [1.29, 1.82) is 0 Å². The maximum absolute atomic E-state index is 11.9. The molecule has 17 heavy (non-hydrogen) atoms. The summed E-state index contributed by atoms with van der Waals surface area (Å²) in [6.45, 7) is 4.99. The molecule has 0 atom stereocenters. The predicted molar refractivity (Wildman–Crippen MR) is 63.2 cm³/mol. The topological polar surface area (TPSA) is 71.0 Å². The lowest BCUT2D eigenvalue weighted by Gasteiger charge is -2.13. The van der Waals surface area contributed by atoms with E-state index < -0.39 is 5.97 Å². The molecule has 1 fully saturated rings. The van der Waals surface area contributed by atoms with E-state index in [1.807, 2.05) is 13.8 Å². The summed E-state index contributed by atoms with van der Waals surface area (Å²) in [7, 11) is 1.27. The Kier molecular flexibility index (Phi) is 4.68. The van der Waals surface area contributed by atoms with Gasteiger partial charge in [0.05, 0.1) is 13.2 Å². The molecule has 6 nitrogen and oxygen atoms in total. The molecule has 0 unspecified atom stereocenters. The first-order chi connectivity index (χ1) is 8.13. The molecule has 0 aliphatic carbocycles. The minimum Gasteiger partial charge on any atom is -0.466 e. The Bertz CT molecular complexity index is 374. The van der Waals surface area contributed by atoms with Crippen LogP contribution in [0, 0.1) is 0 Å². The highest BCUT2D eigenvalue weighted by Gasteiger charge is 2.31. The number of aliphatic imine (C=N–C) groups is 1. The van der Waals surface area contributed by atoms with E-state index in [0.29, 0.717) is 19.0 Å². The van der Waals surface area contributed by atoms with Gasteiger partial charge in [-0.25, -0.2) is 4.79 Å². The molecule has 0 saturated carbocycles. The summed E-state index contributed by atoms with van der Waals surface area (Å²) >= 11 is 0. The van der Waals surface area contributed by atoms with Gasteiger partial charge in [0.1, 0.15) is 5.70 Å². The third kappa shape index (κ3) is 3.05. The van der Waals surface area contributed by atoms with E-state index in [1.165, 1.54) is 12.0 Å². The molecule has 94 valence electrons. The second kappa shape index (κ2) is 6.03. The molecule has 1 aliphatic heterocycles. The van der Waals surface area contributed by atoms with Crippen LogP contribution in [0.3, 0.4) is 0 Å². The van der Waals surface area contributed by atoms with Crippen LogP contribution in [0.4, 0.5) is 0 Å². The molecule has 1 heterocycles. The second-order valence-corrected chi connectivity index (χ2v) is 3.46. The van der Waals surface area contributed by atoms with Crippen LogP contribution in [-0.2, 0) is 14.3 Å². The van der Waals surface area contributed by atoms with Gasteiger partial charge in [0.2, 0.25) is 5.96 Å². The Morgan fingerprint density at radius 2 is 2.24 bits per heavy atom. The van der Waals surface area contributed by atoms with E-state index in [2.05, 4.69) is 15.0 Å². The van der Waals surface area contributed by atoms with Crippen molar-refractivity contribution in [2.45, 2.75) is 20.3 Å². The quantitative estimate of drug-likeness (QED) is 0.564. The van der Waals surface area contributed by atoms with Crippen molar-refractivity contribution in [3.8, 4) is 0 Å². The number of amides is 1. The van der Waals surface area contributed by atoms with E-state index in [9.17, 15) is 9.59 Å². The largest absolute Gasteiger partial charge is 0.466 e. The summed E-state index contributed by atoms with van der Waals surface area (Å²) in [6, 6.07) is 0. The summed E-state index contributed by atoms with van der Waals surface area (Å²) in [5, 5.41) is 2.83. The van der Waals surface area contributed by atoms with Gasteiger partial charge in [0.15, 0.2) is 0 Å². The number of esters is 1. The standard InChI is InChI=1S/C11H17N3O3/c1-4-6-14-10(16)8(7-9(15)17-3)13-11(14)12-5-2/h7H,4-6H2,1-3H3,(H,12,13)/b8-7-. The minimum atomic E-state index is -0.560. The van der Waals surface area contributed by atoms with Gasteiger partial charge in [-0.2, -0.15) is 0 Å². The van der Waals surface area contributed by atoms with E-state index in [-0.39, 0.29) is 11.6 Å². The van der Waals surface area contributed by atoms with Gasteiger partial charge in [0.25, 0.3) is 5.91 Å². The van der Waals surface area contributed by atoms with Crippen LogP contribution in [0.2, 0.25) is 0 Å². The normalized spacial score (nSPS) is 19.9. The fourth-order valence-corrected chi connectivity index (χ4v) is 1.46. The van der Waals surface area contributed by atoms with Gasteiger partial charge < -0.3 is 10.1 Å². The fraction of sp³-hybridized carbons (Fsp3) is 0.545. The van der Waals surface area contributed by atoms with Crippen molar-refractivity contribution in [3.05, 3.63) is 11.8 Å². The Morgan fingerprint density at radius 3 is 2.76 bits per heavy atom. The monoisotopic (exact) mass is 239 g/mol. The number of hydrogen-bond acceptors (Lipinski definition) is 4. The van der Waals surface area contributed by atoms with Crippen LogP contribution in [0.5, 0.6) is 0 Å². The highest BCUT2D eigenvalue weighted by atomic mass is 16.5. The molecule has 1 aliphatic rings. The van der Waals surface area contributed by atoms with Gasteiger partial charge in [-0.05, 0) is 13.3 Å². The number of ether oxygens (including phenoxy) is 1. The molecule has 1 amide bonds. The van der Waals surface area contributed by atoms with Crippen molar-refractivity contribution >= 4 is 17.8 Å². The van der Waals surface area contributed by atoms with Crippen LogP contribution in [0.25, 0.3) is 0 Å². The zero-order chi connectivity index (χ0) is 12.8. The summed E-state index contributed by atoms with van der Waals surface area (Å²) < 4.78 is 4.48. The summed E-state index contributed by atoms with van der Waals surface area (Å²) in [5.74, 6) is -0.311. The molecule has 1 saturated heterocycles. The third-order valence-electron chi connectivity index (χ3n) is 2.20. The molecule has 0 aromatic heterocycles.